The molecule has 1 aromatic rings. The maximum absolute atomic E-state index is 5.58. The molecule has 0 aliphatic heterocycles. The highest BCUT2D eigenvalue weighted by atomic mass is 35.5. The molecule has 0 aromatic carbocycles. The summed E-state index contributed by atoms with van der Waals surface area (Å²) in [6.07, 6.45) is 3.67. The molecule has 0 saturated carbocycles. The molecule has 0 aliphatic carbocycles. The van der Waals surface area contributed by atoms with Gasteiger partial charge in [0.15, 0.2) is 0 Å². The summed E-state index contributed by atoms with van der Waals surface area (Å²) in [4.78, 5) is 7.78. The molecule has 0 saturated heterocycles. The first-order chi connectivity index (χ1) is 5.83. The van der Waals surface area contributed by atoms with E-state index in [9.17, 15) is 0 Å². The predicted octanol–water partition coefficient (Wildman–Crippen LogP) is 2.11. The number of rotatable bonds is 1. The van der Waals surface area contributed by atoms with Crippen molar-refractivity contribution in [2.75, 3.05) is 5.88 Å². The van der Waals surface area contributed by atoms with Gasteiger partial charge >= 0.3 is 0 Å². The van der Waals surface area contributed by atoms with E-state index in [0.717, 1.165) is 0 Å². The molecule has 0 N–H and O–H groups in total. The van der Waals surface area contributed by atoms with Gasteiger partial charge < -0.3 is 0 Å². The standard InChI is InChI=1S/C8H6Cl2N2/c9-4-2-1-3-8-11-5-7(10)6-12-8/h5-6H,2,4H2. The summed E-state index contributed by atoms with van der Waals surface area (Å²) in [5, 5.41) is 0.512. The summed E-state index contributed by atoms with van der Waals surface area (Å²) >= 11 is 11.0. The first kappa shape index (κ1) is 9.31. The van der Waals surface area contributed by atoms with Crippen molar-refractivity contribution in [2.45, 2.75) is 6.42 Å². The van der Waals surface area contributed by atoms with Gasteiger partial charge in [0.05, 0.1) is 17.4 Å². The van der Waals surface area contributed by atoms with Crippen molar-refractivity contribution in [3.05, 3.63) is 23.2 Å². The van der Waals surface area contributed by atoms with Crippen molar-refractivity contribution < 1.29 is 0 Å². The first-order valence-electron chi connectivity index (χ1n) is 3.35. The summed E-state index contributed by atoms with van der Waals surface area (Å²) < 4.78 is 0. The topological polar surface area (TPSA) is 25.8 Å². The Morgan fingerprint density at radius 1 is 1.33 bits per heavy atom. The van der Waals surface area contributed by atoms with E-state index in [0.29, 0.717) is 23.1 Å². The van der Waals surface area contributed by atoms with Crippen LogP contribution in [-0.4, -0.2) is 15.8 Å². The molecule has 0 amide bonds. The summed E-state index contributed by atoms with van der Waals surface area (Å²) in [6.45, 7) is 0. The predicted molar refractivity (Wildman–Crippen MR) is 49.3 cm³/mol. The summed E-state index contributed by atoms with van der Waals surface area (Å²) in [5.74, 6) is 6.58. The van der Waals surface area contributed by atoms with Crippen LogP contribution in [0.4, 0.5) is 0 Å². The van der Waals surface area contributed by atoms with Crippen LogP contribution in [0.5, 0.6) is 0 Å². The Morgan fingerprint density at radius 2 is 2.00 bits per heavy atom. The van der Waals surface area contributed by atoms with E-state index in [1.54, 1.807) is 0 Å². The highest BCUT2D eigenvalue weighted by molar-refractivity contribution is 6.30. The number of nitrogens with zero attached hydrogens (tertiary/aromatic N) is 2. The molecule has 0 aliphatic rings. The fourth-order valence-electron chi connectivity index (χ4n) is 0.566. The number of hydrogen-bond acceptors (Lipinski definition) is 2. The average molecular weight is 201 g/mol. The van der Waals surface area contributed by atoms with Crippen LogP contribution in [-0.2, 0) is 0 Å². The highest BCUT2D eigenvalue weighted by Crippen LogP contribution is 2.01. The van der Waals surface area contributed by atoms with Crippen LogP contribution in [0.1, 0.15) is 12.2 Å². The molecule has 0 bridgehead atoms. The van der Waals surface area contributed by atoms with Crippen molar-refractivity contribution in [3.63, 3.8) is 0 Å². The molecule has 1 rings (SSSR count). The van der Waals surface area contributed by atoms with E-state index >= 15 is 0 Å². The van der Waals surface area contributed by atoms with Crippen molar-refractivity contribution in [2.24, 2.45) is 0 Å². The second kappa shape index (κ2) is 4.97. The van der Waals surface area contributed by atoms with Crippen LogP contribution in [0, 0.1) is 11.8 Å². The Bertz CT molecular complexity index is 297. The third-order valence-electron chi connectivity index (χ3n) is 1.04. The fraction of sp³-hybridized carbons (Fsp3) is 0.250. The van der Waals surface area contributed by atoms with Gasteiger partial charge in [0.2, 0.25) is 5.82 Å². The quantitative estimate of drug-likeness (QED) is 0.513. The molecule has 0 spiro atoms. The minimum atomic E-state index is 0.476. The van der Waals surface area contributed by atoms with Gasteiger partial charge in [0.25, 0.3) is 0 Å². The lowest BCUT2D eigenvalue weighted by Crippen LogP contribution is -1.86. The molecular weight excluding hydrogens is 195 g/mol. The monoisotopic (exact) mass is 200 g/mol. The van der Waals surface area contributed by atoms with Gasteiger partial charge in [-0.2, -0.15) is 0 Å². The Kier molecular flexibility index (Phi) is 3.86. The molecule has 0 unspecified atom stereocenters. The summed E-state index contributed by atoms with van der Waals surface area (Å²) in [5.41, 5.74) is 0. The molecule has 0 radical (unpaired) electrons. The van der Waals surface area contributed by atoms with Gasteiger partial charge in [0.1, 0.15) is 0 Å². The minimum absolute atomic E-state index is 0.476. The maximum Gasteiger partial charge on any atom is 0.204 e. The van der Waals surface area contributed by atoms with E-state index in [1.165, 1.54) is 12.4 Å². The van der Waals surface area contributed by atoms with Gasteiger partial charge in [-0.3, -0.25) is 0 Å². The van der Waals surface area contributed by atoms with Crippen LogP contribution in [0.15, 0.2) is 12.4 Å². The van der Waals surface area contributed by atoms with Crippen LogP contribution in [0.25, 0.3) is 0 Å². The second-order valence-electron chi connectivity index (χ2n) is 1.97. The SMILES string of the molecule is ClCCC#Cc1ncc(Cl)cn1. The minimum Gasteiger partial charge on any atom is -0.228 e. The lowest BCUT2D eigenvalue weighted by Gasteiger charge is -1.87. The molecular formula is C8H6Cl2N2. The zero-order chi connectivity index (χ0) is 8.81. The number of alkyl halides is 1. The van der Waals surface area contributed by atoms with Gasteiger partial charge in [-0.05, 0) is 5.92 Å². The van der Waals surface area contributed by atoms with Crippen molar-refractivity contribution in [1.29, 1.82) is 0 Å². The third kappa shape index (κ3) is 3.08. The number of halogens is 2. The van der Waals surface area contributed by atoms with Crippen molar-refractivity contribution in [1.82, 2.24) is 9.97 Å². The van der Waals surface area contributed by atoms with E-state index in [-0.39, 0.29) is 0 Å². The first-order valence-corrected chi connectivity index (χ1v) is 4.26. The molecule has 4 heteroatoms. The molecule has 0 atom stereocenters. The van der Waals surface area contributed by atoms with Crippen molar-refractivity contribution in [3.8, 4) is 11.8 Å². The summed E-state index contributed by atoms with van der Waals surface area (Å²) in [7, 11) is 0. The Hall–Kier alpha value is -0.780. The smallest absolute Gasteiger partial charge is 0.204 e. The van der Waals surface area contributed by atoms with E-state index in [2.05, 4.69) is 21.8 Å². The molecule has 12 heavy (non-hydrogen) atoms. The van der Waals surface area contributed by atoms with Gasteiger partial charge in [0, 0.05) is 12.3 Å². The highest BCUT2D eigenvalue weighted by Gasteiger charge is 1.89. The molecule has 0 fully saturated rings. The molecule has 1 heterocycles. The van der Waals surface area contributed by atoms with Gasteiger partial charge in [-0.15, -0.1) is 11.6 Å². The van der Waals surface area contributed by atoms with Crippen molar-refractivity contribution >= 4 is 23.2 Å². The number of hydrogen-bond donors (Lipinski definition) is 0. The lowest BCUT2D eigenvalue weighted by molar-refractivity contribution is 1.12. The van der Waals surface area contributed by atoms with Gasteiger partial charge in [-0.1, -0.05) is 17.5 Å². The zero-order valence-corrected chi connectivity index (χ0v) is 7.73. The fourth-order valence-corrected chi connectivity index (χ4v) is 0.758. The average Bonchev–Trinajstić information content (AvgIpc) is 2.09. The number of aromatic nitrogens is 2. The molecule has 62 valence electrons. The van der Waals surface area contributed by atoms with E-state index < -0.39 is 0 Å². The Labute approximate surface area is 80.9 Å². The third-order valence-corrected chi connectivity index (χ3v) is 1.42. The molecule has 1 aromatic heterocycles. The van der Waals surface area contributed by atoms with Crippen LogP contribution in [0.2, 0.25) is 5.02 Å². The van der Waals surface area contributed by atoms with E-state index in [1.807, 2.05) is 0 Å². The maximum atomic E-state index is 5.58. The Balaban J connectivity index is 2.66. The van der Waals surface area contributed by atoms with Crippen LogP contribution >= 0.6 is 23.2 Å². The molecule has 2 nitrogen and oxygen atoms in total. The largest absolute Gasteiger partial charge is 0.228 e. The normalized spacial score (nSPS) is 8.83. The second-order valence-corrected chi connectivity index (χ2v) is 2.78. The zero-order valence-electron chi connectivity index (χ0n) is 6.22. The van der Waals surface area contributed by atoms with Gasteiger partial charge in [-0.25, -0.2) is 9.97 Å². The van der Waals surface area contributed by atoms with E-state index in [4.69, 9.17) is 23.2 Å². The lowest BCUT2D eigenvalue weighted by atomic mass is 10.4. The Morgan fingerprint density at radius 3 is 2.58 bits per heavy atom. The van der Waals surface area contributed by atoms with Crippen LogP contribution < -0.4 is 0 Å². The summed E-state index contributed by atoms with van der Waals surface area (Å²) in [6, 6.07) is 0. The van der Waals surface area contributed by atoms with Crippen LogP contribution in [0.3, 0.4) is 0 Å².